The molecule has 1 N–H and O–H groups in total. The molecule has 0 saturated carbocycles. The number of hydrogen-bond donors (Lipinski definition) is 1. The second kappa shape index (κ2) is 5.29. The van der Waals surface area contributed by atoms with Crippen molar-refractivity contribution in [1.82, 2.24) is 0 Å². The molecule has 0 unspecified atom stereocenters. The van der Waals surface area contributed by atoms with E-state index in [4.69, 9.17) is 4.74 Å². The van der Waals surface area contributed by atoms with Gasteiger partial charge in [-0.15, -0.1) is 0 Å². The zero-order chi connectivity index (χ0) is 15.8. The predicted octanol–water partition coefficient (Wildman–Crippen LogP) is 4.29. The molecule has 23 heavy (non-hydrogen) atoms. The summed E-state index contributed by atoms with van der Waals surface area (Å²) in [5, 5.41) is 2.90. The summed E-state index contributed by atoms with van der Waals surface area (Å²) >= 11 is 0. The largest absolute Gasteiger partial charge is 0.497 e. The molecular weight excluding hydrogens is 286 g/mol. The monoisotopic (exact) mass is 301 g/mol. The molecule has 0 fully saturated rings. The van der Waals surface area contributed by atoms with Crippen LogP contribution in [0.2, 0.25) is 0 Å². The molecule has 3 heteroatoms. The number of fused-ring (bicyclic) bond motifs is 2. The summed E-state index contributed by atoms with van der Waals surface area (Å²) in [5.74, 6) is 0.660. The molecule has 0 radical (unpaired) electrons. The van der Waals surface area contributed by atoms with Gasteiger partial charge >= 0.3 is 0 Å². The zero-order valence-electron chi connectivity index (χ0n) is 12.7. The highest BCUT2D eigenvalue weighted by Crippen LogP contribution is 2.37. The van der Waals surface area contributed by atoms with E-state index in [-0.39, 0.29) is 5.91 Å². The van der Waals surface area contributed by atoms with Crippen molar-refractivity contribution in [2.75, 3.05) is 12.4 Å². The van der Waals surface area contributed by atoms with Crippen LogP contribution in [-0.2, 0) is 4.79 Å². The molecule has 0 aromatic heterocycles. The fourth-order valence-electron chi connectivity index (χ4n) is 2.96. The first-order valence-electron chi connectivity index (χ1n) is 7.45. The predicted molar refractivity (Wildman–Crippen MR) is 92.6 cm³/mol. The Kier molecular flexibility index (Phi) is 3.12. The molecule has 0 atom stereocenters. The first-order chi connectivity index (χ1) is 11.3. The third-order valence-corrected chi connectivity index (χ3v) is 4.13. The lowest BCUT2D eigenvalue weighted by molar-refractivity contribution is -0.110. The molecule has 2 aliphatic carbocycles. The van der Waals surface area contributed by atoms with E-state index in [1.54, 1.807) is 7.11 Å². The maximum Gasteiger partial charge on any atom is 0.256 e. The highest BCUT2D eigenvalue weighted by Gasteiger charge is 2.25. The lowest BCUT2D eigenvalue weighted by atomic mass is 10.0. The summed E-state index contributed by atoms with van der Waals surface area (Å²) in [6, 6.07) is 19.9. The molecule has 1 aromatic carbocycles. The topological polar surface area (TPSA) is 38.3 Å². The summed E-state index contributed by atoms with van der Waals surface area (Å²) in [7, 11) is 1.63. The number of methoxy groups -OCH3 is 1. The van der Waals surface area contributed by atoms with E-state index >= 15 is 0 Å². The number of anilines is 1. The van der Waals surface area contributed by atoms with Gasteiger partial charge in [-0.05, 0) is 41.0 Å². The highest BCUT2D eigenvalue weighted by atomic mass is 16.5. The van der Waals surface area contributed by atoms with Crippen LogP contribution in [0.25, 0.3) is 22.8 Å². The molecule has 3 aliphatic rings. The van der Waals surface area contributed by atoms with Crippen molar-refractivity contribution in [3.63, 3.8) is 0 Å². The zero-order valence-corrected chi connectivity index (χ0v) is 12.7. The first kappa shape index (κ1) is 13.6. The fourth-order valence-corrected chi connectivity index (χ4v) is 2.96. The van der Waals surface area contributed by atoms with Crippen LogP contribution in [0.15, 0.2) is 60.7 Å². The Hall–Kier alpha value is -3.07. The average molecular weight is 301 g/mol. The molecule has 1 aromatic rings. The van der Waals surface area contributed by atoms with Gasteiger partial charge in [0.25, 0.3) is 5.91 Å². The standard InChI is InChI=1S/C20H15NO2/c1-23-15-9-10-19-17(12-15)18(20(22)21-19)11-14-8-7-13-5-3-2-4-6-16(13)14/h2-12H,1H3,(H,21,22)/b18-11-. The van der Waals surface area contributed by atoms with Gasteiger partial charge in [0.2, 0.25) is 0 Å². The van der Waals surface area contributed by atoms with E-state index in [0.717, 1.165) is 33.7 Å². The molecular formula is C20H15NO2. The van der Waals surface area contributed by atoms with Crippen molar-refractivity contribution < 1.29 is 9.53 Å². The minimum absolute atomic E-state index is 0.0806. The second-order valence-electron chi connectivity index (χ2n) is 5.49. The van der Waals surface area contributed by atoms with Crippen LogP contribution in [0.3, 0.4) is 0 Å². The third-order valence-electron chi connectivity index (χ3n) is 4.13. The Balaban J connectivity index is 1.85. The van der Waals surface area contributed by atoms with Gasteiger partial charge in [-0.3, -0.25) is 4.79 Å². The molecule has 3 nitrogen and oxygen atoms in total. The summed E-state index contributed by atoms with van der Waals surface area (Å²) < 4.78 is 5.27. The third kappa shape index (κ3) is 2.27. The highest BCUT2D eigenvalue weighted by molar-refractivity contribution is 6.35. The number of ether oxygens (including phenoxy) is 1. The van der Waals surface area contributed by atoms with Gasteiger partial charge in [0.1, 0.15) is 5.75 Å². The van der Waals surface area contributed by atoms with E-state index in [1.165, 1.54) is 0 Å². The number of hydrogen-bond acceptors (Lipinski definition) is 2. The molecule has 112 valence electrons. The van der Waals surface area contributed by atoms with Crippen LogP contribution < -0.4 is 10.1 Å². The molecule has 0 saturated heterocycles. The van der Waals surface area contributed by atoms with Gasteiger partial charge in [0.05, 0.1) is 7.11 Å². The van der Waals surface area contributed by atoms with Crippen molar-refractivity contribution in [2.24, 2.45) is 0 Å². The van der Waals surface area contributed by atoms with E-state index in [2.05, 4.69) is 23.5 Å². The molecule has 1 amide bonds. The smallest absolute Gasteiger partial charge is 0.256 e. The van der Waals surface area contributed by atoms with Crippen LogP contribution in [0, 0.1) is 0 Å². The molecule has 1 heterocycles. The van der Waals surface area contributed by atoms with Crippen molar-refractivity contribution in [2.45, 2.75) is 0 Å². The van der Waals surface area contributed by atoms with Gasteiger partial charge in [-0.1, -0.05) is 42.5 Å². The van der Waals surface area contributed by atoms with Crippen LogP contribution >= 0.6 is 0 Å². The van der Waals surface area contributed by atoms with Crippen molar-refractivity contribution in [1.29, 1.82) is 0 Å². The summed E-state index contributed by atoms with van der Waals surface area (Å²) in [4.78, 5) is 12.3. The van der Waals surface area contributed by atoms with E-state index in [1.807, 2.05) is 48.5 Å². The Bertz CT molecular complexity index is 911. The van der Waals surface area contributed by atoms with Crippen molar-refractivity contribution >= 4 is 23.2 Å². The Morgan fingerprint density at radius 1 is 0.957 bits per heavy atom. The summed E-state index contributed by atoms with van der Waals surface area (Å²) in [5.41, 5.74) is 5.69. The van der Waals surface area contributed by atoms with Crippen LogP contribution in [0.1, 0.15) is 11.1 Å². The molecule has 0 bridgehead atoms. The molecule has 4 rings (SSSR count). The fraction of sp³-hybridized carbons (Fsp3) is 0.0500. The van der Waals surface area contributed by atoms with E-state index in [9.17, 15) is 4.79 Å². The van der Waals surface area contributed by atoms with Gasteiger partial charge in [0, 0.05) is 16.8 Å². The van der Waals surface area contributed by atoms with E-state index < -0.39 is 0 Å². The number of amides is 1. The SMILES string of the molecule is COc1ccc2c(c1)/C(=C/c1ccc3cccccc1-3)C(=O)N2. The normalized spacial score (nSPS) is 14.8. The molecule has 0 spiro atoms. The van der Waals surface area contributed by atoms with Crippen molar-refractivity contribution in [3.8, 4) is 16.9 Å². The second-order valence-corrected chi connectivity index (χ2v) is 5.49. The Labute approximate surface area is 134 Å². The van der Waals surface area contributed by atoms with Gasteiger partial charge in [-0.25, -0.2) is 0 Å². The van der Waals surface area contributed by atoms with Crippen LogP contribution in [0.4, 0.5) is 5.69 Å². The van der Waals surface area contributed by atoms with Gasteiger partial charge in [-0.2, -0.15) is 0 Å². The minimum atomic E-state index is -0.0806. The Morgan fingerprint density at radius 2 is 1.83 bits per heavy atom. The maximum atomic E-state index is 12.3. The average Bonchev–Trinajstić information content (AvgIpc) is 2.98. The van der Waals surface area contributed by atoms with Gasteiger partial charge < -0.3 is 10.1 Å². The summed E-state index contributed by atoms with van der Waals surface area (Å²) in [6.07, 6.45) is 1.95. The van der Waals surface area contributed by atoms with E-state index in [0.29, 0.717) is 5.57 Å². The molecule has 1 aliphatic heterocycles. The van der Waals surface area contributed by atoms with Crippen LogP contribution in [-0.4, -0.2) is 13.0 Å². The number of carbonyl (C=O) groups is 1. The van der Waals surface area contributed by atoms with Crippen LogP contribution in [0.5, 0.6) is 5.75 Å². The lowest BCUT2D eigenvalue weighted by Gasteiger charge is -2.03. The number of carbonyl (C=O) groups excluding carboxylic acids is 1. The number of rotatable bonds is 2. The number of benzene rings is 1. The quantitative estimate of drug-likeness (QED) is 0.717. The van der Waals surface area contributed by atoms with Gasteiger partial charge in [0.15, 0.2) is 0 Å². The lowest BCUT2D eigenvalue weighted by Crippen LogP contribution is -2.03. The summed E-state index contributed by atoms with van der Waals surface area (Å²) in [6.45, 7) is 0. The first-order valence-corrected chi connectivity index (χ1v) is 7.45. The number of nitrogens with one attached hydrogen (secondary N) is 1. The minimum Gasteiger partial charge on any atom is -0.497 e. The Morgan fingerprint density at radius 3 is 2.70 bits per heavy atom. The van der Waals surface area contributed by atoms with Crippen molar-refractivity contribution in [3.05, 3.63) is 71.8 Å². The maximum absolute atomic E-state index is 12.3.